The van der Waals surface area contributed by atoms with E-state index in [1.54, 1.807) is 0 Å². The Balaban J connectivity index is 2.39. The van der Waals surface area contributed by atoms with E-state index in [-0.39, 0.29) is 28.3 Å². The summed E-state index contributed by atoms with van der Waals surface area (Å²) in [4.78, 5) is 24.4. The highest BCUT2D eigenvalue weighted by molar-refractivity contribution is 7.84. The number of phenols is 4. The fourth-order valence-corrected chi connectivity index (χ4v) is 3.64. The highest BCUT2D eigenvalue weighted by Crippen LogP contribution is 2.27. The SMILES string of the molecule is CCC(=O)OCC(Cc1ccc(O)c(O)c1)N(C(=O)/C=C/c1ccc(O)c(O)c1)S(=O)(=O)O. The van der Waals surface area contributed by atoms with Crippen molar-refractivity contribution in [1.29, 1.82) is 0 Å². The van der Waals surface area contributed by atoms with Crippen LogP contribution in [0.2, 0.25) is 0 Å². The lowest BCUT2D eigenvalue weighted by atomic mass is 10.1. The highest BCUT2D eigenvalue weighted by atomic mass is 32.2. The molecule has 2 rings (SSSR count). The third kappa shape index (κ3) is 7.12. The maximum absolute atomic E-state index is 12.7. The number of carbonyl (C=O) groups is 2. The summed E-state index contributed by atoms with van der Waals surface area (Å²) >= 11 is 0. The molecule has 0 aliphatic heterocycles. The lowest BCUT2D eigenvalue weighted by Gasteiger charge is -2.27. The molecule has 0 bridgehead atoms. The average molecular weight is 481 g/mol. The van der Waals surface area contributed by atoms with Crippen LogP contribution in [0.1, 0.15) is 24.5 Å². The Bertz CT molecular complexity index is 1160. The van der Waals surface area contributed by atoms with Crippen molar-refractivity contribution in [3.63, 3.8) is 0 Å². The van der Waals surface area contributed by atoms with Gasteiger partial charge in [0.1, 0.15) is 6.61 Å². The van der Waals surface area contributed by atoms with Crippen LogP contribution in [0.25, 0.3) is 6.08 Å². The van der Waals surface area contributed by atoms with Crippen molar-refractivity contribution in [3.8, 4) is 23.0 Å². The smallest absolute Gasteiger partial charge is 0.362 e. The molecule has 5 N–H and O–H groups in total. The Morgan fingerprint density at radius 2 is 1.61 bits per heavy atom. The van der Waals surface area contributed by atoms with E-state index < -0.39 is 57.8 Å². The predicted octanol–water partition coefficient (Wildman–Crippen LogP) is 1.72. The predicted molar refractivity (Wildman–Crippen MR) is 116 cm³/mol. The quantitative estimate of drug-likeness (QED) is 0.153. The number of ether oxygens (including phenoxy) is 1. The van der Waals surface area contributed by atoms with Gasteiger partial charge in [0.15, 0.2) is 23.0 Å². The number of aromatic hydroxyl groups is 4. The summed E-state index contributed by atoms with van der Waals surface area (Å²) in [7, 11) is -5.14. The van der Waals surface area contributed by atoms with Crippen molar-refractivity contribution >= 4 is 28.3 Å². The molecule has 0 spiro atoms. The standard InChI is InChI=1S/C21H23NO10S/c1-2-21(28)32-12-15(9-14-4-7-17(24)19(26)11-14)22(33(29,30)31)20(27)8-5-13-3-6-16(23)18(25)10-13/h3-8,10-11,15,23-26H,2,9,12H2,1H3,(H,29,30,31)/b8-5+. The van der Waals surface area contributed by atoms with Gasteiger partial charge in [-0.3, -0.25) is 14.1 Å². The fourth-order valence-electron chi connectivity index (χ4n) is 2.84. The zero-order valence-corrected chi connectivity index (χ0v) is 18.3. The lowest BCUT2D eigenvalue weighted by molar-refractivity contribution is -0.145. The normalized spacial score (nSPS) is 12.4. The molecule has 2 aromatic rings. The Hall–Kier alpha value is -3.77. The minimum Gasteiger partial charge on any atom is -0.504 e. The molecule has 0 saturated heterocycles. The van der Waals surface area contributed by atoms with Crippen molar-refractivity contribution < 1.29 is 47.7 Å². The largest absolute Gasteiger partial charge is 0.504 e. The monoisotopic (exact) mass is 481 g/mol. The maximum atomic E-state index is 12.7. The van der Waals surface area contributed by atoms with Crippen LogP contribution in [0, 0.1) is 0 Å². The second-order valence-electron chi connectivity index (χ2n) is 6.91. The molecule has 0 aromatic heterocycles. The summed E-state index contributed by atoms with van der Waals surface area (Å²) in [6.45, 7) is 0.921. The number of nitrogens with zero attached hydrogens (tertiary/aromatic N) is 1. The van der Waals surface area contributed by atoms with Crippen LogP contribution >= 0.6 is 0 Å². The molecule has 0 aliphatic rings. The van der Waals surface area contributed by atoms with E-state index in [0.29, 0.717) is 0 Å². The van der Waals surface area contributed by atoms with Crippen LogP contribution < -0.4 is 0 Å². The van der Waals surface area contributed by atoms with Gasteiger partial charge in [0, 0.05) is 12.5 Å². The third-order valence-corrected chi connectivity index (χ3v) is 5.43. The topological polar surface area (TPSA) is 182 Å². The first-order chi connectivity index (χ1) is 15.4. The third-order valence-electron chi connectivity index (χ3n) is 4.45. The van der Waals surface area contributed by atoms with Gasteiger partial charge in [0.2, 0.25) is 0 Å². The van der Waals surface area contributed by atoms with Crippen LogP contribution in [0.5, 0.6) is 23.0 Å². The summed E-state index contributed by atoms with van der Waals surface area (Å²) in [5.74, 6) is -3.64. The van der Waals surface area contributed by atoms with E-state index in [9.17, 15) is 43.0 Å². The van der Waals surface area contributed by atoms with Crippen molar-refractivity contribution in [2.24, 2.45) is 0 Å². The van der Waals surface area contributed by atoms with Gasteiger partial charge in [-0.2, -0.15) is 8.42 Å². The van der Waals surface area contributed by atoms with E-state index in [0.717, 1.165) is 36.4 Å². The van der Waals surface area contributed by atoms with Gasteiger partial charge >= 0.3 is 16.3 Å². The van der Waals surface area contributed by atoms with Gasteiger partial charge in [-0.1, -0.05) is 19.1 Å². The molecule has 1 atom stereocenters. The van der Waals surface area contributed by atoms with Gasteiger partial charge in [-0.05, 0) is 47.9 Å². The number of esters is 1. The number of benzene rings is 2. The van der Waals surface area contributed by atoms with Crippen molar-refractivity contribution in [2.75, 3.05) is 6.61 Å². The summed E-state index contributed by atoms with van der Waals surface area (Å²) in [6, 6.07) is 5.86. The van der Waals surface area contributed by atoms with Crippen LogP contribution in [-0.2, 0) is 31.1 Å². The maximum Gasteiger partial charge on any atom is 0.362 e. The number of hydrogen-bond donors (Lipinski definition) is 5. The molecule has 0 heterocycles. The Kier molecular flexibility index (Phi) is 8.26. The molecule has 1 unspecified atom stereocenters. The first-order valence-corrected chi connectivity index (χ1v) is 11.0. The summed E-state index contributed by atoms with van der Waals surface area (Å²) < 4.78 is 39.0. The number of phenolic OH excluding ortho intramolecular Hbond substituents is 4. The van der Waals surface area contributed by atoms with Crippen LogP contribution in [0.4, 0.5) is 0 Å². The molecule has 178 valence electrons. The van der Waals surface area contributed by atoms with Crippen molar-refractivity contribution in [3.05, 3.63) is 53.6 Å². The molecule has 11 nitrogen and oxygen atoms in total. The Morgan fingerprint density at radius 1 is 1.00 bits per heavy atom. The molecular formula is C21H23NO10S. The molecular weight excluding hydrogens is 458 g/mol. The Labute approximate surface area is 189 Å². The second-order valence-corrected chi connectivity index (χ2v) is 8.20. The average Bonchev–Trinajstić information content (AvgIpc) is 2.74. The van der Waals surface area contributed by atoms with Gasteiger partial charge in [0.05, 0.1) is 6.04 Å². The van der Waals surface area contributed by atoms with Gasteiger partial charge in [-0.25, -0.2) is 4.31 Å². The van der Waals surface area contributed by atoms with E-state index >= 15 is 0 Å². The summed E-state index contributed by atoms with van der Waals surface area (Å²) in [5.41, 5.74) is 0.517. The zero-order valence-electron chi connectivity index (χ0n) is 17.5. The molecule has 0 radical (unpaired) electrons. The highest BCUT2D eigenvalue weighted by Gasteiger charge is 2.33. The number of hydrogen-bond acceptors (Lipinski definition) is 9. The molecule has 12 heteroatoms. The molecule has 0 saturated carbocycles. The van der Waals surface area contributed by atoms with Crippen molar-refractivity contribution in [2.45, 2.75) is 25.8 Å². The van der Waals surface area contributed by atoms with E-state index in [4.69, 9.17) is 4.74 Å². The van der Waals surface area contributed by atoms with Crippen LogP contribution in [-0.4, -0.2) is 62.2 Å². The second kappa shape index (κ2) is 10.7. The zero-order chi connectivity index (χ0) is 24.8. The van der Waals surface area contributed by atoms with Crippen LogP contribution in [0.3, 0.4) is 0 Å². The molecule has 33 heavy (non-hydrogen) atoms. The summed E-state index contributed by atoms with van der Waals surface area (Å²) in [6.07, 6.45) is 1.66. The number of amides is 1. The van der Waals surface area contributed by atoms with Crippen LogP contribution in [0.15, 0.2) is 42.5 Å². The molecule has 2 aromatic carbocycles. The van der Waals surface area contributed by atoms with Gasteiger partial charge in [-0.15, -0.1) is 0 Å². The first-order valence-electron chi connectivity index (χ1n) is 9.59. The van der Waals surface area contributed by atoms with E-state index in [2.05, 4.69) is 0 Å². The molecule has 0 aliphatic carbocycles. The molecule has 0 fully saturated rings. The summed E-state index contributed by atoms with van der Waals surface area (Å²) in [5, 5.41) is 38.1. The minimum atomic E-state index is -5.14. The van der Waals surface area contributed by atoms with Gasteiger partial charge < -0.3 is 25.2 Å². The van der Waals surface area contributed by atoms with E-state index in [1.165, 1.54) is 19.1 Å². The minimum absolute atomic E-state index is 0.0171. The lowest BCUT2D eigenvalue weighted by Crippen LogP contribution is -2.47. The van der Waals surface area contributed by atoms with E-state index in [1.807, 2.05) is 0 Å². The Morgan fingerprint density at radius 3 is 2.15 bits per heavy atom. The molecule has 1 amide bonds. The number of carbonyl (C=O) groups excluding carboxylic acids is 2. The van der Waals surface area contributed by atoms with Gasteiger partial charge in [0.25, 0.3) is 5.91 Å². The fraction of sp³-hybridized carbons (Fsp3) is 0.238. The number of rotatable bonds is 9. The van der Waals surface area contributed by atoms with Crippen molar-refractivity contribution in [1.82, 2.24) is 4.31 Å². The first kappa shape index (κ1) is 25.5.